The molecular weight excluding hydrogens is 196 g/mol. The van der Waals surface area contributed by atoms with Gasteiger partial charge in [-0.2, -0.15) is 0 Å². The van der Waals surface area contributed by atoms with Gasteiger partial charge in [0.2, 0.25) is 0 Å². The molecule has 16 heavy (non-hydrogen) atoms. The van der Waals surface area contributed by atoms with Gasteiger partial charge in [0.05, 0.1) is 53.4 Å². The lowest BCUT2D eigenvalue weighted by Crippen LogP contribution is -2.55. The molecule has 0 spiro atoms. The van der Waals surface area contributed by atoms with Crippen LogP contribution in [0, 0.1) is 0 Å². The maximum atomic E-state index is 2.39. The molecule has 1 fully saturated rings. The molecule has 1 aliphatic carbocycles. The van der Waals surface area contributed by atoms with Gasteiger partial charge in [0, 0.05) is 25.7 Å². The van der Waals surface area contributed by atoms with Gasteiger partial charge in [-0.3, -0.25) is 0 Å². The van der Waals surface area contributed by atoms with E-state index < -0.39 is 0 Å². The van der Waals surface area contributed by atoms with Crippen LogP contribution < -0.4 is 0 Å². The van der Waals surface area contributed by atoms with Gasteiger partial charge in [-0.25, -0.2) is 0 Å². The molecule has 1 aliphatic rings. The summed E-state index contributed by atoms with van der Waals surface area (Å²) in [5, 5.41) is 0. The second-order valence-corrected chi connectivity index (χ2v) is 6.65. The minimum absolute atomic E-state index is 0.901. The molecule has 2 nitrogen and oxygen atoms in total. The van der Waals surface area contributed by atoms with Crippen LogP contribution in [0.25, 0.3) is 0 Å². The highest BCUT2D eigenvalue weighted by Gasteiger charge is 2.37. The number of quaternary nitrogens is 2. The molecule has 2 heteroatoms. The molecule has 0 N–H and O–H groups in total. The van der Waals surface area contributed by atoms with Crippen LogP contribution in [0.15, 0.2) is 0 Å². The van der Waals surface area contributed by atoms with Crippen LogP contribution in [0.5, 0.6) is 0 Å². The summed E-state index contributed by atoms with van der Waals surface area (Å²) in [6.45, 7) is 7.17. The molecule has 0 unspecified atom stereocenters. The summed E-state index contributed by atoms with van der Waals surface area (Å²) in [5.41, 5.74) is 0. The second-order valence-electron chi connectivity index (χ2n) is 6.65. The van der Waals surface area contributed by atoms with Crippen molar-refractivity contribution in [3.8, 4) is 0 Å². The second kappa shape index (κ2) is 5.05. The fourth-order valence-corrected chi connectivity index (χ4v) is 2.97. The molecule has 0 heterocycles. The Morgan fingerprint density at radius 2 is 0.938 bits per heavy atom. The zero-order chi connectivity index (χ0) is 12.4. The average molecular weight is 228 g/mol. The molecule has 0 aromatic heterocycles. The maximum Gasteiger partial charge on any atom is 0.0890 e. The molecule has 0 amide bonds. The molecular formula is C14H32N2+2. The van der Waals surface area contributed by atoms with Crippen molar-refractivity contribution in [2.75, 3.05) is 41.3 Å². The van der Waals surface area contributed by atoms with E-state index in [0.29, 0.717) is 0 Å². The summed E-state index contributed by atoms with van der Waals surface area (Å²) in [5.74, 6) is 0. The van der Waals surface area contributed by atoms with E-state index in [1.54, 1.807) is 0 Å². The smallest absolute Gasteiger partial charge is 0.0890 e. The molecule has 0 aromatic rings. The Morgan fingerprint density at radius 1 is 0.688 bits per heavy atom. The first-order valence-electron chi connectivity index (χ1n) is 6.98. The Hall–Kier alpha value is -0.0800. The first kappa shape index (κ1) is 14.0. The van der Waals surface area contributed by atoms with Crippen LogP contribution in [0.4, 0.5) is 0 Å². The highest BCUT2D eigenvalue weighted by atomic mass is 15.3. The van der Waals surface area contributed by atoms with Gasteiger partial charge in [0.1, 0.15) is 0 Å². The van der Waals surface area contributed by atoms with Crippen LogP contribution in [-0.2, 0) is 0 Å². The summed E-state index contributed by atoms with van der Waals surface area (Å²) >= 11 is 0. The number of hydrogen-bond donors (Lipinski definition) is 0. The van der Waals surface area contributed by atoms with Gasteiger partial charge in [-0.1, -0.05) is 0 Å². The van der Waals surface area contributed by atoms with Crippen molar-refractivity contribution in [3.63, 3.8) is 0 Å². The van der Waals surface area contributed by atoms with Crippen molar-refractivity contribution >= 4 is 0 Å². The monoisotopic (exact) mass is 228 g/mol. The predicted octanol–water partition coefficient (Wildman–Crippen LogP) is 2.49. The lowest BCUT2D eigenvalue weighted by Gasteiger charge is -2.45. The lowest BCUT2D eigenvalue weighted by molar-refractivity contribution is -0.929. The predicted molar refractivity (Wildman–Crippen MR) is 71.3 cm³/mol. The molecule has 1 saturated carbocycles. The van der Waals surface area contributed by atoms with E-state index in [1.807, 2.05) is 0 Å². The van der Waals surface area contributed by atoms with Gasteiger partial charge in [-0.05, 0) is 13.8 Å². The summed E-state index contributed by atoms with van der Waals surface area (Å²) in [6, 6.07) is 1.80. The Balaban J connectivity index is 2.52. The third kappa shape index (κ3) is 2.98. The molecule has 0 saturated heterocycles. The first-order chi connectivity index (χ1) is 7.33. The van der Waals surface area contributed by atoms with Crippen molar-refractivity contribution < 1.29 is 8.97 Å². The Kier molecular flexibility index (Phi) is 4.42. The van der Waals surface area contributed by atoms with Crippen LogP contribution >= 0.6 is 0 Å². The quantitative estimate of drug-likeness (QED) is 0.649. The Morgan fingerprint density at radius 3 is 1.12 bits per heavy atom. The topological polar surface area (TPSA) is 0 Å². The van der Waals surface area contributed by atoms with E-state index in [1.165, 1.54) is 47.7 Å². The van der Waals surface area contributed by atoms with E-state index in [2.05, 4.69) is 42.0 Å². The van der Waals surface area contributed by atoms with Crippen molar-refractivity contribution in [2.45, 2.75) is 51.6 Å². The average Bonchev–Trinajstić information content (AvgIpc) is 2.29. The SMILES string of the molecule is CC[N+](C)(C)C1CCC([N+](C)(C)CC)CC1. The Bertz CT molecular complexity index is 189. The zero-order valence-electron chi connectivity index (χ0n) is 12.3. The lowest BCUT2D eigenvalue weighted by atomic mass is 9.87. The molecule has 0 aromatic carbocycles. The van der Waals surface area contributed by atoms with E-state index in [0.717, 1.165) is 12.1 Å². The van der Waals surface area contributed by atoms with E-state index in [4.69, 9.17) is 0 Å². The van der Waals surface area contributed by atoms with Crippen LogP contribution in [0.3, 0.4) is 0 Å². The summed E-state index contributed by atoms with van der Waals surface area (Å²) in [7, 11) is 9.57. The molecule has 0 aliphatic heterocycles. The molecule has 1 rings (SSSR count). The standard InChI is InChI=1S/C14H32N2/c1-7-15(3,4)13-9-11-14(12-10-13)16(5,6)8-2/h13-14H,7-12H2,1-6H3/q+2. The normalized spacial score (nSPS) is 28.1. The first-order valence-corrected chi connectivity index (χ1v) is 6.98. The highest BCUT2D eigenvalue weighted by Crippen LogP contribution is 2.30. The number of rotatable bonds is 4. The third-order valence-electron chi connectivity index (χ3n) is 5.27. The van der Waals surface area contributed by atoms with Gasteiger partial charge in [0.15, 0.2) is 0 Å². The van der Waals surface area contributed by atoms with Gasteiger partial charge in [0.25, 0.3) is 0 Å². The molecule has 0 radical (unpaired) electrons. The number of nitrogens with zero attached hydrogens (tertiary/aromatic N) is 2. The van der Waals surface area contributed by atoms with Crippen molar-refractivity contribution in [2.24, 2.45) is 0 Å². The van der Waals surface area contributed by atoms with Crippen molar-refractivity contribution in [1.82, 2.24) is 0 Å². The minimum Gasteiger partial charge on any atom is -0.326 e. The molecule has 96 valence electrons. The van der Waals surface area contributed by atoms with Gasteiger partial charge < -0.3 is 8.97 Å². The van der Waals surface area contributed by atoms with E-state index in [-0.39, 0.29) is 0 Å². The molecule has 0 atom stereocenters. The van der Waals surface area contributed by atoms with Crippen molar-refractivity contribution in [1.29, 1.82) is 0 Å². The van der Waals surface area contributed by atoms with Crippen LogP contribution in [0.1, 0.15) is 39.5 Å². The maximum absolute atomic E-state index is 2.39. The highest BCUT2D eigenvalue weighted by molar-refractivity contribution is 4.73. The summed E-state index contributed by atoms with van der Waals surface area (Å²) in [4.78, 5) is 0. The molecule has 0 bridgehead atoms. The Labute approximate surface area is 102 Å². The van der Waals surface area contributed by atoms with Crippen LogP contribution in [-0.4, -0.2) is 62.3 Å². The van der Waals surface area contributed by atoms with E-state index in [9.17, 15) is 0 Å². The van der Waals surface area contributed by atoms with Gasteiger partial charge >= 0.3 is 0 Å². The summed E-state index contributed by atoms with van der Waals surface area (Å²) in [6.07, 6.45) is 5.70. The number of hydrogen-bond acceptors (Lipinski definition) is 0. The zero-order valence-corrected chi connectivity index (χ0v) is 12.3. The van der Waals surface area contributed by atoms with Crippen molar-refractivity contribution in [3.05, 3.63) is 0 Å². The summed E-state index contributed by atoms with van der Waals surface area (Å²) < 4.78 is 2.43. The fraction of sp³-hybridized carbons (Fsp3) is 1.00. The minimum atomic E-state index is 0.901. The van der Waals surface area contributed by atoms with Crippen LogP contribution in [0.2, 0.25) is 0 Å². The van der Waals surface area contributed by atoms with E-state index >= 15 is 0 Å². The third-order valence-corrected chi connectivity index (χ3v) is 5.27. The largest absolute Gasteiger partial charge is 0.326 e. The fourth-order valence-electron chi connectivity index (χ4n) is 2.97. The van der Waals surface area contributed by atoms with Gasteiger partial charge in [-0.15, -0.1) is 0 Å².